The number of halogens is 1. The molecule has 1 aliphatic rings. The summed E-state index contributed by atoms with van der Waals surface area (Å²) < 4.78 is 5.31. The van der Waals surface area contributed by atoms with E-state index >= 15 is 0 Å². The summed E-state index contributed by atoms with van der Waals surface area (Å²) in [4.78, 5) is 14.5. The van der Waals surface area contributed by atoms with Gasteiger partial charge >= 0.3 is 0 Å². The Kier molecular flexibility index (Phi) is 7.69. The molecule has 1 N–H and O–H groups in total. The molecule has 0 unspecified atom stereocenters. The predicted octanol–water partition coefficient (Wildman–Crippen LogP) is 2.89. The minimum absolute atomic E-state index is 0. The van der Waals surface area contributed by atoms with Crippen LogP contribution in [0.1, 0.15) is 35.7 Å². The summed E-state index contributed by atoms with van der Waals surface area (Å²) in [5, 5.41) is 3.40. The summed E-state index contributed by atoms with van der Waals surface area (Å²) in [5.74, 6) is 1.60. The second-order valence-electron chi connectivity index (χ2n) is 5.73. The van der Waals surface area contributed by atoms with Crippen molar-refractivity contribution in [1.82, 2.24) is 10.2 Å². The first-order chi connectivity index (χ1) is 10.2. The van der Waals surface area contributed by atoms with Gasteiger partial charge in [-0.05, 0) is 56.5 Å². The zero-order valence-corrected chi connectivity index (χ0v) is 14.5. The first-order valence-corrected chi connectivity index (χ1v) is 7.80. The molecule has 1 aromatic rings. The number of hydrogen-bond acceptors (Lipinski definition) is 3. The number of nitrogens with zero attached hydrogens (tertiary/aromatic N) is 1. The number of rotatable bonds is 5. The molecule has 4 nitrogen and oxygen atoms in total. The van der Waals surface area contributed by atoms with E-state index in [1.54, 1.807) is 7.11 Å². The van der Waals surface area contributed by atoms with E-state index in [-0.39, 0.29) is 18.3 Å². The van der Waals surface area contributed by atoms with Crippen molar-refractivity contribution in [3.05, 3.63) is 29.3 Å². The molecule has 1 amide bonds. The van der Waals surface area contributed by atoms with Gasteiger partial charge in [-0.2, -0.15) is 0 Å². The van der Waals surface area contributed by atoms with Crippen molar-refractivity contribution in [3.8, 4) is 5.75 Å². The molecule has 1 aromatic carbocycles. The lowest BCUT2D eigenvalue weighted by atomic mass is 9.96. The Hall–Kier alpha value is -1.26. The molecule has 22 heavy (non-hydrogen) atoms. The molecule has 0 spiro atoms. The van der Waals surface area contributed by atoms with Gasteiger partial charge in [-0.3, -0.25) is 4.79 Å². The highest BCUT2D eigenvalue weighted by Crippen LogP contribution is 2.22. The Bertz CT molecular complexity index is 486. The zero-order chi connectivity index (χ0) is 15.2. The van der Waals surface area contributed by atoms with Gasteiger partial charge in [-0.1, -0.05) is 13.0 Å². The number of piperidine rings is 1. The summed E-state index contributed by atoms with van der Waals surface area (Å²) in [6, 6.07) is 5.69. The summed E-state index contributed by atoms with van der Waals surface area (Å²) >= 11 is 0. The van der Waals surface area contributed by atoms with E-state index in [4.69, 9.17) is 4.74 Å². The summed E-state index contributed by atoms with van der Waals surface area (Å²) in [5.41, 5.74) is 1.78. The van der Waals surface area contributed by atoms with Crippen LogP contribution in [-0.4, -0.2) is 44.1 Å². The first kappa shape index (κ1) is 18.8. The number of carbonyl (C=O) groups excluding carboxylic acids is 1. The maximum atomic E-state index is 12.6. The third-order valence-corrected chi connectivity index (χ3v) is 4.24. The van der Waals surface area contributed by atoms with Gasteiger partial charge in [0.15, 0.2) is 0 Å². The predicted molar refractivity (Wildman–Crippen MR) is 92.2 cm³/mol. The van der Waals surface area contributed by atoms with E-state index in [2.05, 4.69) is 12.2 Å². The third-order valence-electron chi connectivity index (χ3n) is 4.24. The number of ether oxygens (including phenoxy) is 1. The number of benzene rings is 1. The van der Waals surface area contributed by atoms with E-state index in [0.717, 1.165) is 55.9 Å². The molecule has 1 aliphatic heterocycles. The first-order valence-electron chi connectivity index (χ1n) is 7.80. The Morgan fingerprint density at radius 1 is 1.36 bits per heavy atom. The topological polar surface area (TPSA) is 41.6 Å². The molecule has 0 saturated carbocycles. The van der Waals surface area contributed by atoms with Crippen LogP contribution in [0.15, 0.2) is 18.2 Å². The highest BCUT2D eigenvalue weighted by atomic mass is 35.5. The fourth-order valence-electron chi connectivity index (χ4n) is 2.82. The van der Waals surface area contributed by atoms with Crippen molar-refractivity contribution >= 4 is 18.3 Å². The van der Waals surface area contributed by atoms with Crippen molar-refractivity contribution in [2.24, 2.45) is 5.92 Å². The summed E-state index contributed by atoms with van der Waals surface area (Å²) in [6.45, 7) is 7.90. The van der Waals surface area contributed by atoms with E-state index < -0.39 is 0 Å². The number of hydrogen-bond donors (Lipinski definition) is 1. The van der Waals surface area contributed by atoms with Crippen molar-refractivity contribution < 1.29 is 9.53 Å². The minimum atomic E-state index is 0. The Morgan fingerprint density at radius 2 is 2.05 bits per heavy atom. The van der Waals surface area contributed by atoms with Gasteiger partial charge in [-0.25, -0.2) is 0 Å². The number of nitrogens with one attached hydrogen (secondary N) is 1. The van der Waals surface area contributed by atoms with E-state index in [0.29, 0.717) is 5.92 Å². The molecule has 1 saturated heterocycles. The average molecular weight is 327 g/mol. The molecule has 1 heterocycles. The molecule has 0 aromatic heterocycles. The second-order valence-corrected chi connectivity index (χ2v) is 5.73. The lowest BCUT2D eigenvalue weighted by Gasteiger charge is -2.32. The molecule has 1 fully saturated rings. The van der Waals surface area contributed by atoms with Crippen LogP contribution in [0, 0.1) is 12.8 Å². The van der Waals surface area contributed by atoms with Crippen LogP contribution in [0.5, 0.6) is 5.75 Å². The van der Waals surface area contributed by atoms with Crippen LogP contribution >= 0.6 is 12.4 Å². The molecule has 0 radical (unpaired) electrons. The Balaban J connectivity index is 0.00000242. The van der Waals surface area contributed by atoms with Crippen molar-refractivity contribution in [2.45, 2.75) is 26.7 Å². The van der Waals surface area contributed by atoms with E-state index in [1.165, 1.54) is 0 Å². The number of carbonyl (C=O) groups is 1. The van der Waals surface area contributed by atoms with Gasteiger partial charge < -0.3 is 15.0 Å². The number of aryl methyl sites for hydroxylation is 1. The highest BCUT2D eigenvalue weighted by molar-refractivity contribution is 5.94. The normalized spacial score (nSPS) is 15.3. The fourth-order valence-corrected chi connectivity index (χ4v) is 2.82. The van der Waals surface area contributed by atoms with Gasteiger partial charge in [0.25, 0.3) is 5.91 Å². The van der Waals surface area contributed by atoms with E-state index in [1.807, 2.05) is 30.0 Å². The molecule has 0 bridgehead atoms. The van der Waals surface area contributed by atoms with Crippen molar-refractivity contribution in [1.29, 1.82) is 0 Å². The van der Waals surface area contributed by atoms with Gasteiger partial charge in [0, 0.05) is 18.7 Å². The van der Waals surface area contributed by atoms with Gasteiger partial charge in [0.05, 0.1) is 7.11 Å². The van der Waals surface area contributed by atoms with Crippen LogP contribution in [-0.2, 0) is 0 Å². The molecular weight excluding hydrogens is 300 g/mol. The second kappa shape index (κ2) is 9.01. The molecule has 2 rings (SSSR count). The van der Waals surface area contributed by atoms with Crippen LogP contribution in [0.4, 0.5) is 0 Å². The van der Waals surface area contributed by atoms with E-state index in [9.17, 15) is 4.79 Å². The van der Waals surface area contributed by atoms with Crippen LogP contribution in [0.25, 0.3) is 0 Å². The zero-order valence-electron chi connectivity index (χ0n) is 13.7. The molecule has 0 atom stereocenters. The summed E-state index contributed by atoms with van der Waals surface area (Å²) in [6.07, 6.45) is 2.17. The quantitative estimate of drug-likeness (QED) is 0.904. The SMILES string of the molecule is CCNCC1CCN(C(=O)c2ccc(C)c(OC)c2)CC1.Cl. The molecule has 124 valence electrons. The van der Waals surface area contributed by atoms with Crippen molar-refractivity contribution in [2.75, 3.05) is 33.3 Å². The fraction of sp³-hybridized carbons (Fsp3) is 0.588. The van der Waals surface area contributed by atoms with Crippen molar-refractivity contribution in [3.63, 3.8) is 0 Å². The van der Waals surface area contributed by atoms with Gasteiger partial charge in [-0.15, -0.1) is 12.4 Å². The molecular formula is C17H27ClN2O2. The molecule has 5 heteroatoms. The summed E-state index contributed by atoms with van der Waals surface area (Å²) in [7, 11) is 1.64. The maximum absolute atomic E-state index is 12.6. The van der Waals surface area contributed by atoms with Gasteiger partial charge in [0.1, 0.15) is 5.75 Å². The number of methoxy groups -OCH3 is 1. The highest BCUT2D eigenvalue weighted by Gasteiger charge is 2.23. The number of amides is 1. The monoisotopic (exact) mass is 326 g/mol. The Labute approximate surface area is 139 Å². The lowest BCUT2D eigenvalue weighted by molar-refractivity contribution is 0.0690. The largest absolute Gasteiger partial charge is 0.496 e. The minimum Gasteiger partial charge on any atom is -0.496 e. The van der Waals surface area contributed by atoms with Crippen LogP contribution < -0.4 is 10.1 Å². The third kappa shape index (κ3) is 4.62. The standard InChI is InChI=1S/C17H26N2O2.ClH/c1-4-18-12-14-7-9-19(10-8-14)17(20)15-6-5-13(2)16(11-15)21-3;/h5-6,11,14,18H,4,7-10,12H2,1-3H3;1H. The molecule has 0 aliphatic carbocycles. The van der Waals surface area contributed by atoms with Crippen LogP contribution in [0.2, 0.25) is 0 Å². The van der Waals surface area contributed by atoms with Gasteiger partial charge in [0.2, 0.25) is 0 Å². The smallest absolute Gasteiger partial charge is 0.253 e. The lowest BCUT2D eigenvalue weighted by Crippen LogP contribution is -2.40. The van der Waals surface area contributed by atoms with Crippen LogP contribution in [0.3, 0.4) is 0 Å². The maximum Gasteiger partial charge on any atom is 0.253 e. The average Bonchev–Trinajstić information content (AvgIpc) is 2.53. The number of likely N-dealkylation sites (tertiary alicyclic amines) is 1. The Morgan fingerprint density at radius 3 is 2.64 bits per heavy atom.